The van der Waals surface area contributed by atoms with Crippen molar-refractivity contribution in [2.75, 3.05) is 13.1 Å². The lowest BCUT2D eigenvalue weighted by molar-refractivity contribution is 0.294. The first-order valence-electron chi connectivity index (χ1n) is 9.88. The maximum atomic E-state index is 13.9. The molecule has 0 saturated carbocycles. The molecule has 5 rings (SSSR count). The highest BCUT2D eigenvalue weighted by molar-refractivity contribution is 5.79. The third kappa shape index (κ3) is 3.28. The Morgan fingerprint density at radius 1 is 1.10 bits per heavy atom. The Labute approximate surface area is 167 Å². The maximum Gasteiger partial charge on any atom is 0.272 e. The summed E-state index contributed by atoms with van der Waals surface area (Å²) in [6, 6.07) is 15.4. The Balaban J connectivity index is 1.36. The van der Waals surface area contributed by atoms with Gasteiger partial charge in [-0.3, -0.25) is 9.69 Å². The van der Waals surface area contributed by atoms with Gasteiger partial charge >= 0.3 is 0 Å². The molecule has 0 aliphatic carbocycles. The van der Waals surface area contributed by atoms with Gasteiger partial charge in [-0.2, -0.15) is 0 Å². The summed E-state index contributed by atoms with van der Waals surface area (Å²) >= 11 is 0. The van der Waals surface area contributed by atoms with Crippen LogP contribution in [0, 0.1) is 12.7 Å². The number of aromatic amines is 1. The minimum Gasteiger partial charge on any atom is -0.319 e. The van der Waals surface area contributed by atoms with E-state index in [1.165, 1.54) is 5.57 Å². The van der Waals surface area contributed by atoms with Crippen LogP contribution in [0.15, 0.2) is 65.6 Å². The van der Waals surface area contributed by atoms with Crippen LogP contribution in [0.3, 0.4) is 0 Å². The lowest BCUT2D eigenvalue weighted by Gasteiger charge is -2.26. The number of rotatable bonds is 3. The molecule has 0 radical (unpaired) electrons. The van der Waals surface area contributed by atoms with E-state index in [2.05, 4.69) is 34.2 Å². The predicted octanol–water partition coefficient (Wildman–Crippen LogP) is 4.52. The fraction of sp³-hybridized carbons (Fsp3) is 0.208. The number of aryl methyl sites for hydroxylation is 1. The number of H-pyrrole nitrogens is 1. The van der Waals surface area contributed by atoms with Crippen LogP contribution in [-0.4, -0.2) is 27.4 Å². The molecule has 4 nitrogen and oxygen atoms in total. The van der Waals surface area contributed by atoms with Crippen molar-refractivity contribution in [2.45, 2.75) is 19.9 Å². The Bertz CT molecular complexity index is 1310. The van der Waals surface area contributed by atoms with Gasteiger partial charge in [0.2, 0.25) is 0 Å². The lowest BCUT2D eigenvalue weighted by Crippen LogP contribution is -2.28. The molecule has 0 bridgehead atoms. The van der Waals surface area contributed by atoms with Crippen molar-refractivity contribution in [1.29, 1.82) is 0 Å². The molecule has 0 saturated heterocycles. The van der Waals surface area contributed by atoms with Crippen LogP contribution in [0.1, 0.15) is 23.1 Å². The van der Waals surface area contributed by atoms with Crippen LogP contribution >= 0.6 is 0 Å². The fourth-order valence-electron chi connectivity index (χ4n) is 4.12. The van der Waals surface area contributed by atoms with Crippen LogP contribution in [0.4, 0.5) is 4.39 Å². The number of nitrogens with zero attached hydrogens (tertiary/aromatic N) is 2. The van der Waals surface area contributed by atoms with Crippen molar-refractivity contribution >= 4 is 22.1 Å². The molecule has 29 heavy (non-hydrogen) atoms. The SMILES string of the molecule is Cc1ccc(C2=CCN(Cc3ccc4c(c3)[nH]c(=O)c3cccn34)CC2)cc1F. The molecule has 0 amide bonds. The van der Waals surface area contributed by atoms with E-state index >= 15 is 0 Å². The second-order valence-electron chi connectivity index (χ2n) is 7.75. The van der Waals surface area contributed by atoms with Gasteiger partial charge in [-0.25, -0.2) is 4.39 Å². The van der Waals surface area contributed by atoms with E-state index in [0.717, 1.165) is 48.2 Å². The molecule has 5 heteroatoms. The van der Waals surface area contributed by atoms with E-state index < -0.39 is 0 Å². The molecule has 0 spiro atoms. The quantitative estimate of drug-likeness (QED) is 0.562. The van der Waals surface area contributed by atoms with E-state index in [1.807, 2.05) is 34.9 Å². The summed E-state index contributed by atoms with van der Waals surface area (Å²) in [6.45, 7) is 4.35. The molecule has 1 aliphatic rings. The number of nitrogens with one attached hydrogen (secondary N) is 1. The van der Waals surface area contributed by atoms with E-state index in [1.54, 1.807) is 13.0 Å². The van der Waals surface area contributed by atoms with Crippen molar-refractivity contribution in [3.8, 4) is 0 Å². The molecule has 2 aromatic carbocycles. The Morgan fingerprint density at radius 2 is 2.00 bits per heavy atom. The highest BCUT2D eigenvalue weighted by Crippen LogP contribution is 2.25. The van der Waals surface area contributed by atoms with Crippen LogP contribution < -0.4 is 5.56 Å². The summed E-state index contributed by atoms with van der Waals surface area (Å²) in [6.07, 6.45) is 5.01. The first kappa shape index (κ1) is 17.9. The van der Waals surface area contributed by atoms with Gasteiger partial charge in [0, 0.05) is 25.8 Å². The molecule has 0 unspecified atom stereocenters. The first-order chi connectivity index (χ1) is 14.1. The molecule has 0 fully saturated rings. The van der Waals surface area contributed by atoms with Gasteiger partial charge in [0.1, 0.15) is 11.3 Å². The maximum absolute atomic E-state index is 13.9. The Kier molecular flexibility index (Phi) is 4.32. The number of hydrogen-bond donors (Lipinski definition) is 1. The van der Waals surface area contributed by atoms with Crippen LogP contribution in [-0.2, 0) is 6.54 Å². The second kappa shape index (κ2) is 7.01. The predicted molar refractivity (Wildman–Crippen MR) is 115 cm³/mol. The minimum atomic E-state index is -0.146. The molecule has 3 heterocycles. The molecule has 4 aromatic rings. The zero-order valence-electron chi connectivity index (χ0n) is 16.3. The first-order valence-corrected chi connectivity index (χ1v) is 9.88. The van der Waals surface area contributed by atoms with E-state index in [-0.39, 0.29) is 11.4 Å². The Hall–Kier alpha value is -3.18. The fourth-order valence-corrected chi connectivity index (χ4v) is 4.12. The second-order valence-corrected chi connectivity index (χ2v) is 7.75. The minimum absolute atomic E-state index is 0.0736. The van der Waals surface area contributed by atoms with Crippen LogP contribution in [0.25, 0.3) is 22.1 Å². The highest BCUT2D eigenvalue weighted by atomic mass is 19.1. The van der Waals surface area contributed by atoms with Crippen LogP contribution in [0.2, 0.25) is 0 Å². The Morgan fingerprint density at radius 3 is 2.79 bits per heavy atom. The van der Waals surface area contributed by atoms with Crippen molar-refractivity contribution < 1.29 is 4.39 Å². The smallest absolute Gasteiger partial charge is 0.272 e. The molecule has 1 aliphatic heterocycles. The average Bonchev–Trinajstić information content (AvgIpc) is 3.21. The van der Waals surface area contributed by atoms with Crippen molar-refractivity contribution in [2.24, 2.45) is 0 Å². The standard InChI is InChI=1S/C24H22FN3O/c1-16-4-6-19(14-20(16)25)18-8-11-27(12-9-18)15-17-5-7-22-21(13-17)26-24(29)23-3-2-10-28(22)23/h2-8,10,13-14H,9,11-12,15H2,1H3,(H,26,29). The zero-order chi connectivity index (χ0) is 20.0. The third-order valence-electron chi connectivity index (χ3n) is 5.79. The molecular weight excluding hydrogens is 365 g/mol. The van der Waals surface area contributed by atoms with Gasteiger partial charge in [-0.15, -0.1) is 0 Å². The molecular formula is C24H22FN3O. The average molecular weight is 387 g/mol. The summed E-state index contributed by atoms with van der Waals surface area (Å²) in [5, 5.41) is 0. The zero-order valence-corrected chi connectivity index (χ0v) is 16.3. The van der Waals surface area contributed by atoms with E-state index in [9.17, 15) is 9.18 Å². The summed E-state index contributed by atoms with van der Waals surface area (Å²) in [4.78, 5) is 17.6. The molecule has 2 aromatic heterocycles. The van der Waals surface area contributed by atoms with Gasteiger partial charge in [0.25, 0.3) is 5.56 Å². The number of fused-ring (bicyclic) bond motifs is 3. The van der Waals surface area contributed by atoms with Crippen molar-refractivity contribution in [1.82, 2.24) is 14.3 Å². The summed E-state index contributed by atoms with van der Waals surface area (Å²) < 4.78 is 15.8. The third-order valence-corrected chi connectivity index (χ3v) is 5.79. The van der Waals surface area contributed by atoms with E-state index in [0.29, 0.717) is 11.1 Å². The number of aromatic nitrogens is 2. The summed E-state index contributed by atoms with van der Waals surface area (Å²) in [7, 11) is 0. The molecule has 146 valence electrons. The van der Waals surface area contributed by atoms with Gasteiger partial charge in [-0.05, 0) is 65.9 Å². The van der Waals surface area contributed by atoms with Gasteiger partial charge in [0.05, 0.1) is 11.0 Å². The lowest BCUT2D eigenvalue weighted by atomic mass is 9.98. The number of halogens is 1. The van der Waals surface area contributed by atoms with E-state index in [4.69, 9.17) is 0 Å². The molecule has 0 atom stereocenters. The number of benzene rings is 2. The topological polar surface area (TPSA) is 40.5 Å². The molecule has 1 N–H and O–H groups in total. The van der Waals surface area contributed by atoms with Gasteiger partial charge in [-0.1, -0.05) is 24.3 Å². The highest BCUT2D eigenvalue weighted by Gasteiger charge is 2.15. The normalized spacial score (nSPS) is 15.2. The van der Waals surface area contributed by atoms with Gasteiger partial charge in [0.15, 0.2) is 0 Å². The van der Waals surface area contributed by atoms with Gasteiger partial charge < -0.3 is 9.38 Å². The number of hydrogen-bond acceptors (Lipinski definition) is 2. The largest absolute Gasteiger partial charge is 0.319 e. The summed E-state index contributed by atoms with van der Waals surface area (Å²) in [5.41, 5.74) is 6.46. The summed E-state index contributed by atoms with van der Waals surface area (Å²) in [5.74, 6) is -0.146. The van der Waals surface area contributed by atoms with Crippen molar-refractivity contribution in [3.05, 3.63) is 93.7 Å². The van der Waals surface area contributed by atoms with Crippen molar-refractivity contribution in [3.63, 3.8) is 0 Å². The monoisotopic (exact) mass is 387 g/mol. The van der Waals surface area contributed by atoms with Crippen LogP contribution in [0.5, 0.6) is 0 Å².